The van der Waals surface area contributed by atoms with Crippen LogP contribution in [0.15, 0.2) is 42.5 Å². The van der Waals surface area contributed by atoms with E-state index >= 15 is 0 Å². The molecule has 1 aromatic carbocycles. The van der Waals surface area contributed by atoms with Gasteiger partial charge in [-0.05, 0) is 43.2 Å². The van der Waals surface area contributed by atoms with Gasteiger partial charge in [0.2, 0.25) is 0 Å². The number of rotatable bonds is 4. The highest BCUT2D eigenvalue weighted by atomic mass is 16.7. The topological polar surface area (TPSA) is 98.7 Å². The molecule has 9 heteroatoms. The molecule has 3 aromatic rings. The first-order valence-electron chi connectivity index (χ1n) is 12.9. The minimum absolute atomic E-state index is 0.131. The lowest BCUT2D eigenvalue weighted by molar-refractivity contribution is -0.159. The Bertz CT molecular complexity index is 1370. The van der Waals surface area contributed by atoms with Crippen LogP contribution < -0.4 is 10.2 Å². The molecule has 1 amide bonds. The summed E-state index contributed by atoms with van der Waals surface area (Å²) in [4.78, 5) is 29.5. The van der Waals surface area contributed by atoms with Gasteiger partial charge in [-0.1, -0.05) is 18.2 Å². The van der Waals surface area contributed by atoms with E-state index in [1.165, 1.54) is 0 Å². The summed E-state index contributed by atoms with van der Waals surface area (Å²) in [6.07, 6.45) is 4.40. The van der Waals surface area contributed by atoms with Gasteiger partial charge in [0.1, 0.15) is 5.82 Å². The predicted molar refractivity (Wildman–Crippen MR) is 140 cm³/mol. The van der Waals surface area contributed by atoms with Gasteiger partial charge in [0, 0.05) is 37.6 Å². The fourth-order valence-electron chi connectivity index (χ4n) is 5.29. The zero-order valence-electron chi connectivity index (χ0n) is 21.2. The number of ether oxygens (including phenoxy) is 3. The first-order valence-corrected chi connectivity index (χ1v) is 12.9. The first-order chi connectivity index (χ1) is 18.0. The maximum Gasteiger partial charge on any atom is 0.251 e. The molecule has 3 aliphatic rings. The number of nitrogens with one attached hydrogen (secondary N) is 1. The molecule has 1 aliphatic carbocycles. The van der Waals surface area contributed by atoms with Crippen LogP contribution in [0.5, 0.6) is 0 Å². The predicted octanol–water partition coefficient (Wildman–Crippen LogP) is 3.59. The number of morpholine rings is 1. The van der Waals surface area contributed by atoms with Crippen molar-refractivity contribution in [2.45, 2.75) is 38.0 Å². The molecule has 2 fully saturated rings. The second-order valence-corrected chi connectivity index (χ2v) is 9.76. The Balaban J connectivity index is 1.44. The average molecular weight is 502 g/mol. The zero-order valence-corrected chi connectivity index (χ0v) is 21.2. The third-order valence-corrected chi connectivity index (χ3v) is 7.36. The van der Waals surface area contributed by atoms with Crippen LogP contribution in [0.2, 0.25) is 0 Å². The largest absolute Gasteiger partial charge is 0.377 e. The number of allylic oxidation sites excluding steroid dienone is 1. The number of benzene rings is 1. The lowest BCUT2D eigenvalue weighted by Gasteiger charge is -2.35. The minimum atomic E-state index is -0.497. The van der Waals surface area contributed by atoms with Gasteiger partial charge in [-0.15, -0.1) is 0 Å². The number of pyridine rings is 1. The molecule has 0 saturated carbocycles. The standard InChI is InChI=1S/C28H31N5O4/c1-18-17-35-13-12-33(18)26-22-6-7-23(20-4-3-5-21(16-20)27(34)29-2)30-25(22)31-24(32-26)19-8-10-28(11-9-19)36-14-15-37-28/h3-8,16,18H,9-15,17H2,1-2H3,(H,29,34)/t18-/m0/s1. The summed E-state index contributed by atoms with van der Waals surface area (Å²) in [5.41, 5.74) is 3.93. The third kappa shape index (κ3) is 4.58. The Morgan fingerprint density at radius 2 is 1.97 bits per heavy atom. The summed E-state index contributed by atoms with van der Waals surface area (Å²) in [6.45, 7) is 5.50. The molecule has 0 unspecified atom stereocenters. The smallest absolute Gasteiger partial charge is 0.251 e. The van der Waals surface area contributed by atoms with Crippen LogP contribution in [0.1, 0.15) is 42.4 Å². The Morgan fingerprint density at radius 1 is 1.11 bits per heavy atom. The molecule has 1 N–H and O–H groups in total. The fourth-order valence-corrected chi connectivity index (χ4v) is 5.29. The van der Waals surface area contributed by atoms with E-state index in [0.29, 0.717) is 49.9 Å². The van der Waals surface area contributed by atoms with Crippen molar-refractivity contribution in [2.24, 2.45) is 0 Å². The molecule has 1 atom stereocenters. The number of carbonyl (C=O) groups excluding carboxylic acids is 1. The van der Waals surface area contributed by atoms with E-state index in [1.807, 2.05) is 30.3 Å². The summed E-state index contributed by atoms with van der Waals surface area (Å²) in [7, 11) is 1.63. The van der Waals surface area contributed by atoms with Gasteiger partial charge in [-0.2, -0.15) is 0 Å². The van der Waals surface area contributed by atoms with Crippen molar-refractivity contribution in [3.63, 3.8) is 0 Å². The number of hydrogen-bond donors (Lipinski definition) is 1. The zero-order chi connectivity index (χ0) is 25.4. The van der Waals surface area contributed by atoms with Crippen LogP contribution in [0.4, 0.5) is 5.82 Å². The van der Waals surface area contributed by atoms with Crippen molar-refractivity contribution < 1.29 is 19.0 Å². The molecule has 192 valence electrons. The number of amides is 1. The van der Waals surface area contributed by atoms with Crippen LogP contribution in [0.25, 0.3) is 27.9 Å². The lowest BCUT2D eigenvalue weighted by Crippen LogP contribution is -2.44. The maximum atomic E-state index is 12.2. The van der Waals surface area contributed by atoms with Crippen LogP contribution >= 0.6 is 0 Å². The van der Waals surface area contributed by atoms with Crippen molar-refractivity contribution in [1.82, 2.24) is 20.3 Å². The molecule has 0 radical (unpaired) electrons. The van der Waals surface area contributed by atoms with E-state index < -0.39 is 5.79 Å². The van der Waals surface area contributed by atoms with Gasteiger partial charge < -0.3 is 24.4 Å². The van der Waals surface area contributed by atoms with Crippen molar-refractivity contribution in [1.29, 1.82) is 0 Å². The van der Waals surface area contributed by atoms with Crippen molar-refractivity contribution in [2.75, 3.05) is 44.9 Å². The number of anilines is 1. The Morgan fingerprint density at radius 3 is 2.73 bits per heavy atom. The average Bonchev–Trinajstić information content (AvgIpc) is 3.40. The number of fused-ring (bicyclic) bond motifs is 1. The molecule has 6 rings (SSSR count). The number of aromatic nitrogens is 3. The van der Waals surface area contributed by atoms with Crippen molar-refractivity contribution in [3.05, 3.63) is 53.9 Å². The minimum Gasteiger partial charge on any atom is -0.377 e. The number of hydrogen-bond acceptors (Lipinski definition) is 8. The van der Waals surface area contributed by atoms with E-state index in [-0.39, 0.29) is 11.9 Å². The molecule has 4 heterocycles. The van der Waals surface area contributed by atoms with Crippen molar-refractivity contribution >= 4 is 28.3 Å². The van der Waals surface area contributed by atoms with Crippen molar-refractivity contribution in [3.8, 4) is 11.3 Å². The van der Waals surface area contributed by atoms with Crippen LogP contribution in [0, 0.1) is 0 Å². The first kappa shape index (κ1) is 24.0. The van der Waals surface area contributed by atoms with E-state index in [9.17, 15) is 4.79 Å². The van der Waals surface area contributed by atoms with Gasteiger partial charge in [-0.3, -0.25) is 4.79 Å². The summed E-state index contributed by atoms with van der Waals surface area (Å²) in [6, 6.07) is 11.7. The monoisotopic (exact) mass is 501 g/mol. The Labute approximate surface area is 215 Å². The Hall–Kier alpha value is -3.40. The van der Waals surface area contributed by atoms with Gasteiger partial charge >= 0.3 is 0 Å². The molecule has 9 nitrogen and oxygen atoms in total. The molecular formula is C28H31N5O4. The summed E-state index contributed by atoms with van der Waals surface area (Å²) >= 11 is 0. The summed E-state index contributed by atoms with van der Waals surface area (Å²) in [5.74, 6) is 0.942. The van der Waals surface area contributed by atoms with E-state index in [0.717, 1.165) is 47.4 Å². The molecular weight excluding hydrogens is 470 g/mol. The van der Waals surface area contributed by atoms with Gasteiger partial charge in [-0.25, -0.2) is 15.0 Å². The molecule has 1 spiro atoms. The quantitative estimate of drug-likeness (QED) is 0.579. The van der Waals surface area contributed by atoms with Crippen LogP contribution in [-0.4, -0.2) is 72.7 Å². The molecule has 0 bridgehead atoms. The molecule has 2 saturated heterocycles. The summed E-state index contributed by atoms with van der Waals surface area (Å²) < 4.78 is 17.5. The molecule has 2 aromatic heterocycles. The second-order valence-electron chi connectivity index (χ2n) is 9.76. The van der Waals surface area contributed by atoms with Gasteiger partial charge in [0.25, 0.3) is 5.91 Å². The van der Waals surface area contributed by atoms with E-state index in [1.54, 1.807) is 13.1 Å². The molecule has 37 heavy (non-hydrogen) atoms. The number of nitrogens with zero attached hydrogens (tertiary/aromatic N) is 4. The van der Waals surface area contributed by atoms with Gasteiger partial charge in [0.15, 0.2) is 17.3 Å². The van der Waals surface area contributed by atoms with Gasteiger partial charge in [0.05, 0.1) is 43.5 Å². The van der Waals surface area contributed by atoms with E-state index in [4.69, 9.17) is 29.2 Å². The normalized spacial score (nSPS) is 21.3. The van der Waals surface area contributed by atoms with E-state index in [2.05, 4.69) is 23.2 Å². The fraction of sp³-hybridized carbons (Fsp3) is 0.429. The van der Waals surface area contributed by atoms with Crippen LogP contribution in [0.3, 0.4) is 0 Å². The lowest BCUT2D eigenvalue weighted by atomic mass is 9.93. The SMILES string of the molecule is CNC(=O)c1cccc(-c2ccc3c(N4CCOC[C@@H]4C)nc(C4=CCC5(CC4)OCCO5)nc3n2)c1. The molecule has 2 aliphatic heterocycles. The van der Waals surface area contributed by atoms with Crippen LogP contribution in [-0.2, 0) is 14.2 Å². The summed E-state index contributed by atoms with van der Waals surface area (Å²) in [5, 5.41) is 3.58. The highest BCUT2D eigenvalue weighted by Gasteiger charge is 2.38. The highest BCUT2D eigenvalue weighted by Crippen LogP contribution is 2.38. The third-order valence-electron chi connectivity index (χ3n) is 7.36. The number of carbonyl (C=O) groups is 1. The maximum absolute atomic E-state index is 12.2. The second kappa shape index (κ2) is 9.81. The Kier molecular flexibility index (Phi) is 6.36. The highest BCUT2D eigenvalue weighted by molar-refractivity contribution is 5.95.